The first-order valence-electron chi connectivity index (χ1n) is 8.37. The summed E-state index contributed by atoms with van der Waals surface area (Å²) in [5, 5.41) is 0. The lowest BCUT2D eigenvalue weighted by Crippen LogP contribution is -2.41. The Morgan fingerprint density at radius 2 is 1.86 bits per heavy atom. The molecule has 0 N–H and O–H groups in total. The highest BCUT2D eigenvalue weighted by Gasteiger charge is 2.41. The van der Waals surface area contributed by atoms with E-state index in [0.29, 0.717) is 12.5 Å². The number of hydrogen-bond acceptors (Lipinski definition) is 3. The zero-order valence-electron chi connectivity index (χ0n) is 14.7. The number of hydrogen-bond donors (Lipinski definition) is 0. The lowest BCUT2D eigenvalue weighted by molar-refractivity contribution is -0.0579. The van der Waals surface area contributed by atoms with E-state index >= 15 is 0 Å². The second-order valence-corrected chi connectivity index (χ2v) is 7.18. The quantitative estimate of drug-likeness (QED) is 0.736. The summed E-state index contributed by atoms with van der Waals surface area (Å²) in [5.41, 5.74) is -0.621. The minimum atomic E-state index is -0.440. The molecule has 0 aliphatic carbocycles. The second-order valence-electron chi connectivity index (χ2n) is 7.18. The molecule has 0 spiro atoms. The van der Waals surface area contributed by atoms with Gasteiger partial charge in [-0.2, -0.15) is 0 Å². The van der Waals surface area contributed by atoms with Crippen LogP contribution in [0.3, 0.4) is 0 Å². The molecule has 0 saturated carbocycles. The normalized spacial score (nSPS) is 22.9. The molecule has 1 amide bonds. The van der Waals surface area contributed by atoms with Gasteiger partial charge in [0.1, 0.15) is 5.60 Å². The Kier molecular flexibility index (Phi) is 6.51. The Hall–Kier alpha value is -0.770. The van der Waals surface area contributed by atoms with Crippen LogP contribution < -0.4 is 0 Å². The fourth-order valence-corrected chi connectivity index (χ4v) is 2.65. The predicted octanol–water partition coefficient (Wildman–Crippen LogP) is 4.23. The number of likely N-dealkylation sites (tertiary alicyclic amines) is 1. The van der Waals surface area contributed by atoms with Crippen LogP contribution in [0.4, 0.5) is 4.79 Å². The predicted molar refractivity (Wildman–Crippen MR) is 85.5 cm³/mol. The van der Waals surface area contributed by atoms with Crippen molar-refractivity contribution in [2.75, 3.05) is 19.7 Å². The van der Waals surface area contributed by atoms with E-state index in [4.69, 9.17) is 9.47 Å². The van der Waals surface area contributed by atoms with Crippen LogP contribution in [0.25, 0.3) is 0 Å². The van der Waals surface area contributed by atoms with Gasteiger partial charge in [0, 0.05) is 6.54 Å². The number of ether oxygens (including phenoxy) is 2. The Bertz CT molecular complexity index is 333. The maximum Gasteiger partial charge on any atom is 0.410 e. The highest BCUT2D eigenvalue weighted by atomic mass is 16.6. The summed E-state index contributed by atoms with van der Waals surface area (Å²) in [6, 6.07) is 0. The Morgan fingerprint density at radius 3 is 2.33 bits per heavy atom. The number of carbonyl (C=O) groups excluding carboxylic acids is 1. The molecule has 1 unspecified atom stereocenters. The van der Waals surface area contributed by atoms with E-state index in [9.17, 15) is 4.79 Å². The van der Waals surface area contributed by atoms with E-state index in [1.165, 1.54) is 0 Å². The topological polar surface area (TPSA) is 38.8 Å². The minimum Gasteiger partial charge on any atom is -0.444 e. The average molecular weight is 299 g/mol. The minimum absolute atomic E-state index is 0.181. The van der Waals surface area contributed by atoms with E-state index in [2.05, 4.69) is 20.8 Å². The maximum absolute atomic E-state index is 12.2. The van der Waals surface area contributed by atoms with E-state index in [-0.39, 0.29) is 11.7 Å². The van der Waals surface area contributed by atoms with Crippen LogP contribution in [0.1, 0.15) is 67.2 Å². The molecule has 4 heteroatoms. The van der Waals surface area contributed by atoms with Crippen molar-refractivity contribution in [3.05, 3.63) is 0 Å². The first kappa shape index (κ1) is 18.3. The van der Waals surface area contributed by atoms with Crippen molar-refractivity contribution in [3.63, 3.8) is 0 Å². The van der Waals surface area contributed by atoms with Gasteiger partial charge >= 0.3 is 6.09 Å². The molecule has 0 radical (unpaired) electrons. The summed E-state index contributed by atoms with van der Waals surface area (Å²) in [4.78, 5) is 14.0. The summed E-state index contributed by atoms with van der Waals surface area (Å²) in [6.45, 7) is 14.4. The average Bonchev–Trinajstić information content (AvgIpc) is 2.83. The monoisotopic (exact) mass is 299 g/mol. The van der Waals surface area contributed by atoms with Crippen molar-refractivity contribution in [2.24, 2.45) is 5.92 Å². The molecule has 0 bridgehead atoms. The van der Waals surface area contributed by atoms with Crippen molar-refractivity contribution in [1.82, 2.24) is 4.90 Å². The highest BCUT2D eigenvalue weighted by molar-refractivity contribution is 5.68. The summed E-state index contributed by atoms with van der Waals surface area (Å²) in [7, 11) is 0. The van der Waals surface area contributed by atoms with Crippen molar-refractivity contribution in [3.8, 4) is 0 Å². The lowest BCUT2D eigenvalue weighted by atomic mass is 9.98. The van der Waals surface area contributed by atoms with Crippen LogP contribution in [0.15, 0.2) is 0 Å². The van der Waals surface area contributed by atoms with Crippen molar-refractivity contribution in [2.45, 2.75) is 78.4 Å². The van der Waals surface area contributed by atoms with Crippen LogP contribution in [0, 0.1) is 5.92 Å². The van der Waals surface area contributed by atoms with Crippen LogP contribution in [-0.2, 0) is 9.47 Å². The van der Waals surface area contributed by atoms with Crippen molar-refractivity contribution < 1.29 is 14.3 Å². The lowest BCUT2D eigenvalue weighted by Gasteiger charge is -2.31. The third kappa shape index (κ3) is 5.50. The molecule has 0 aromatic carbocycles. The largest absolute Gasteiger partial charge is 0.444 e. The molecule has 1 atom stereocenters. The van der Waals surface area contributed by atoms with Crippen LogP contribution in [-0.4, -0.2) is 41.9 Å². The van der Waals surface area contributed by atoms with Gasteiger partial charge in [-0.1, -0.05) is 33.6 Å². The fourth-order valence-electron chi connectivity index (χ4n) is 2.65. The molecule has 1 aliphatic rings. The molecule has 0 aromatic rings. The summed E-state index contributed by atoms with van der Waals surface area (Å²) >= 11 is 0. The number of amides is 1. The molecular formula is C17H33NO3. The second kappa shape index (κ2) is 7.48. The van der Waals surface area contributed by atoms with Crippen LogP contribution in [0.2, 0.25) is 0 Å². The highest BCUT2D eigenvalue weighted by Crippen LogP contribution is 2.31. The van der Waals surface area contributed by atoms with Gasteiger partial charge in [0.15, 0.2) is 0 Å². The fraction of sp³-hybridized carbons (Fsp3) is 0.941. The number of carbonyl (C=O) groups is 1. The molecule has 1 aliphatic heterocycles. The van der Waals surface area contributed by atoms with E-state index < -0.39 is 5.60 Å². The molecule has 124 valence electrons. The SMILES string of the molecule is CCC(CC)COC1(CC)CCN(C(=O)OC(C)(C)C)C1. The molecule has 1 saturated heterocycles. The molecule has 1 heterocycles. The van der Waals surface area contributed by atoms with Gasteiger partial charge in [-0.05, 0) is 39.5 Å². The Morgan fingerprint density at radius 1 is 1.24 bits per heavy atom. The number of nitrogens with zero attached hydrogens (tertiary/aromatic N) is 1. The molecule has 1 rings (SSSR count). The molecule has 21 heavy (non-hydrogen) atoms. The van der Waals surface area contributed by atoms with Gasteiger partial charge in [-0.3, -0.25) is 0 Å². The summed E-state index contributed by atoms with van der Waals surface area (Å²) in [5.74, 6) is 0.615. The summed E-state index contributed by atoms with van der Waals surface area (Å²) in [6.07, 6.45) is 3.91. The first-order valence-corrected chi connectivity index (χ1v) is 8.37. The van der Waals surface area contributed by atoms with Crippen molar-refractivity contribution in [1.29, 1.82) is 0 Å². The molecule has 4 nitrogen and oxygen atoms in total. The summed E-state index contributed by atoms with van der Waals surface area (Å²) < 4.78 is 11.7. The zero-order valence-corrected chi connectivity index (χ0v) is 14.7. The Labute approximate surface area is 130 Å². The van der Waals surface area contributed by atoms with Crippen LogP contribution >= 0.6 is 0 Å². The smallest absolute Gasteiger partial charge is 0.410 e. The van der Waals surface area contributed by atoms with Gasteiger partial charge in [0.05, 0.1) is 18.8 Å². The molecule has 1 fully saturated rings. The third-order valence-electron chi connectivity index (χ3n) is 4.39. The van der Waals surface area contributed by atoms with Gasteiger partial charge in [-0.15, -0.1) is 0 Å². The van der Waals surface area contributed by atoms with Gasteiger partial charge in [-0.25, -0.2) is 4.79 Å². The standard InChI is InChI=1S/C17H33NO3/c1-7-14(8-2)12-20-17(9-3)10-11-18(13-17)15(19)21-16(4,5)6/h14H,7-13H2,1-6H3. The zero-order chi connectivity index (χ0) is 16.1. The van der Waals surface area contributed by atoms with E-state index in [0.717, 1.165) is 38.8 Å². The van der Waals surface area contributed by atoms with E-state index in [1.807, 2.05) is 20.8 Å². The Balaban J connectivity index is 2.57. The van der Waals surface area contributed by atoms with Gasteiger partial charge in [0.25, 0.3) is 0 Å². The van der Waals surface area contributed by atoms with Gasteiger partial charge in [0.2, 0.25) is 0 Å². The molecule has 0 aromatic heterocycles. The maximum atomic E-state index is 12.2. The van der Waals surface area contributed by atoms with Gasteiger partial charge < -0.3 is 14.4 Å². The third-order valence-corrected chi connectivity index (χ3v) is 4.39. The van der Waals surface area contributed by atoms with Crippen LogP contribution in [0.5, 0.6) is 0 Å². The number of rotatable bonds is 6. The van der Waals surface area contributed by atoms with E-state index in [1.54, 1.807) is 4.90 Å². The first-order chi connectivity index (χ1) is 9.75. The van der Waals surface area contributed by atoms with Crippen molar-refractivity contribution >= 4 is 6.09 Å². The molecular weight excluding hydrogens is 266 g/mol.